The standard InChI is InChI=1S/C27H32F2N8O/c1-15(2)25-16(3)32-26-18(28)10-17(14-37(25)26)24-19(29)13-31-27(34-24)33-21-11-20(30)22(12-23(21)38-7)36(6)9-8-35(4)5/h10-14H,1,8-9,30H2,2-7H3,(H,31,33,34). The molecule has 3 N–H and O–H groups in total. The van der Waals surface area contributed by atoms with E-state index in [4.69, 9.17) is 10.5 Å². The number of aromatic nitrogens is 4. The molecule has 4 aromatic rings. The summed E-state index contributed by atoms with van der Waals surface area (Å²) < 4.78 is 37.0. The Hall–Kier alpha value is -4.25. The second-order valence-electron chi connectivity index (χ2n) is 9.45. The molecule has 0 spiro atoms. The number of nitrogens with zero attached hydrogens (tertiary/aromatic N) is 6. The SMILES string of the molecule is C=C(C)c1c(C)nc2c(F)cc(-c3nc(Nc4cc(N)c(N(C)CCN(C)C)cc4OC)ncc3F)cn12. The Bertz CT molecular complexity index is 1520. The van der Waals surface area contributed by atoms with Gasteiger partial charge in [0, 0.05) is 38.0 Å². The van der Waals surface area contributed by atoms with E-state index in [1.54, 1.807) is 37.6 Å². The van der Waals surface area contributed by atoms with Gasteiger partial charge < -0.3 is 25.6 Å². The molecule has 0 unspecified atom stereocenters. The van der Waals surface area contributed by atoms with Crippen molar-refractivity contribution in [1.82, 2.24) is 24.3 Å². The number of hydrogen-bond donors (Lipinski definition) is 2. The van der Waals surface area contributed by atoms with Gasteiger partial charge in [-0.05, 0) is 45.6 Å². The second kappa shape index (κ2) is 10.6. The Kier molecular flexibility index (Phi) is 7.49. The van der Waals surface area contributed by atoms with Crippen molar-refractivity contribution in [1.29, 1.82) is 0 Å². The molecule has 200 valence electrons. The van der Waals surface area contributed by atoms with E-state index in [9.17, 15) is 8.78 Å². The van der Waals surface area contributed by atoms with Gasteiger partial charge in [0.25, 0.3) is 0 Å². The Morgan fingerprint density at radius 1 is 1.13 bits per heavy atom. The average Bonchev–Trinajstić information content (AvgIpc) is 3.20. The Morgan fingerprint density at radius 3 is 2.53 bits per heavy atom. The Balaban J connectivity index is 1.71. The number of nitrogens with two attached hydrogens (primary N) is 1. The molecule has 9 nitrogen and oxygen atoms in total. The summed E-state index contributed by atoms with van der Waals surface area (Å²) in [7, 11) is 7.50. The van der Waals surface area contributed by atoms with Crippen LogP contribution in [0.15, 0.2) is 37.2 Å². The molecule has 0 radical (unpaired) electrons. The topological polar surface area (TPSA) is 96.8 Å². The molecule has 11 heteroatoms. The molecule has 4 rings (SSSR count). The summed E-state index contributed by atoms with van der Waals surface area (Å²) in [6.45, 7) is 9.15. The van der Waals surface area contributed by atoms with Crippen LogP contribution in [0.2, 0.25) is 0 Å². The van der Waals surface area contributed by atoms with Crippen LogP contribution in [-0.4, -0.2) is 65.6 Å². The number of imidazole rings is 1. The lowest BCUT2D eigenvalue weighted by atomic mass is 10.1. The number of aryl methyl sites for hydroxylation is 1. The summed E-state index contributed by atoms with van der Waals surface area (Å²) >= 11 is 0. The quantitative estimate of drug-likeness (QED) is 0.304. The second-order valence-corrected chi connectivity index (χ2v) is 9.45. The highest BCUT2D eigenvalue weighted by Gasteiger charge is 2.19. The van der Waals surface area contributed by atoms with Crippen LogP contribution >= 0.6 is 0 Å². The van der Waals surface area contributed by atoms with Gasteiger partial charge in [0.15, 0.2) is 17.3 Å². The lowest BCUT2D eigenvalue weighted by Crippen LogP contribution is -2.29. The first-order valence-electron chi connectivity index (χ1n) is 12.0. The third kappa shape index (κ3) is 5.23. The largest absolute Gasteiger partial charge is 0.494 e. The molecular formula is C27H32F2N8O. The molecule has 1 aromatic carbocycles. The van der Waals surface area contributed by atoms with E-state index in [2.05, 4.69) is 31.7 Å². The fourth-order valence-corrected chi connectivity index (χ4v) is 4.27. The fourth-order valence-electron chi connectivity index (χ4n) is 4.27. The van der Waals surface area contributed by atoms with Gasteiger partial charge >= 0.3 is 0 Å². The summed E-state index contributed by atoms with van der Waals surface area (Å²) in [5.41, 5.74) is 10.5. The van der Waals surface area contributed by atoms with E-state index >= 15 is 0 Å². The van der Waals surface area contributed by atoms with E-state index in [0.29, 0.717) is 34.1 Å². The van der Waals surface area contributed by atoms with Crippen LogP contribution < -0.4 is 20.7 Å². The molecule has 0 aliphatic rings. The number of nitrogens with one attached hydrogen (secondary N) is 1. The van der Waals surface area contributed by atoms with Gasteiger partial charge in [-0.3, -0.25) is 4.40 Å². The van der Waals surface area contributed by atoms with E-state index in [1.165, 1.54) is 6.07 Å². The van der Waals surface area contributed by atoms with Gasteiger partial charge in [0.2, 0.25) is 5.95 Å². The van der Waals surface area contributed by atoms with Crippen molar-refractivity contribution >= 4 is 34.2 Å². The number of likely N-dealkylation sites (N-methyl/N-ethyl adjacent to an activating group) is 2. The predicted octanol–water partition coefficient (Wildman–Crippen LogP) is 4.74. The lowest BCUT2D eigenvalue weighted by Gasteiger charge is -2.24. The van der Waals surface area contributed by atoms with Crippen LogP contribution in [-0.2, 0) is 0 Å². The molecule has 3 aromatic heterocycles. The van der Waals surface area contributed by atoms with Gasteiger partial charge in [0.1, 0.15) is 11.4 Å². The van der Waals surface area contributed by atoms with Crippen LogP contribution in [0.3, 0.4) is 0 Å². The van der Waals surface area contributed by atoms with Crippen LogP contribution in [0, 0.1) is 18.6 Å². The minimum Gasteiger partial charge on any atom is -0.494 e. The highest BCUT2D eigenvalue weighted by Crippen LogP contribution is 2.36. The maximum absolute atomic E-state index is 15.0. The fraction of sp³-hybridized carbons (Fsp3) is 0.296. The number of halogens is 2. The highest BCUT2D eigenvalue weighted by atomic mass is 19.1. The van der Waals surface area contributed by atoms with Crippen molar-refractivity contribution in [2.75, 3.05) is 57.3 Å². The van der Waals surface area contributed by atoms with E-state index in [1.807, 2.05) is 32.1 Å². The van der Waals surface area contributed by atoms with Crippen molar-refractivity contribution in [2.45, 2.75) is 13.8 Å². The van der Waals surface area contributed by atoms with Crippen LogP contribution in [0.4, 0.5) is 31.8 Å². The molecule has 0 saturated heterocycles. The van der Waals surface area contributed by atoms with Crippen molar-refractivity contribution in [3.63, 3.8) is 0 Å². The van der Waals surface area contributed by atoms with E-state index < -0.39 is 11.6 Å². The molecule has 38 heavy (non-hydrogen) atoms. The Morgan fingerprint density at radius 2 is 1.87 bits per heavy atom. The number of nitrogen functional groups attached to an aromatic ring is 1. The summed E-state index contributed by atoms with van der Waals surface area (Å²) in [6.07, 6.45) is 2.62. The number of benzene rings is 1. The van der Waals surface area contributed by atoms with Crippen molar-refractivity contribution in [3.05, 3.63) is 60.2 Å². The van der Waals surface area contributed by atoms with E-state index in [0.717, 1.165) is 25.0 Å². The van der Waals surface area contributed by atoms with Gasteiger partial charge in [0.05, 0.1) is 41.8 Å². The Labute approximate surface area is 220 Å². The van der Waals surface area contributed by atoms with Gasteiger partial charge in [-0.15, -0.1) is 0 Å². The number of ether oxygens (including phenoxy) is 1. The van der Waals surface area contributed by atoms with Crippen molar-refractivity contribution in [2.24, 2.45) is 0 Å². The third-order valence-electron chi connectivity index (χ3n) is 6.16. The van der Waals surface area contributed by atoms with Crippen molar-refractivity contribution < 1.29 is 13.5 Å². The molecule has 3 heterocycles. The normalized spacial score (nSPS) is 11.3. The first-order chi connectivity index (χ1) is 18.0. The molecule has 0 bridgehead atoms. The van der Waals surface area contributed by atoms with Crippen LogP contribution in [0.25, 0.3) is 22.5 Å². The summed E-state index contributed by atoms with van der Waals surface area (Å²) in [4.78, 5) is 16.8. The predicted molar refractivity (Wildman–Crippen MR) is 148 cm³/mol. The number of hydrogen-bond acceptors (Lipinski definition) is 8. The zero-order chi connectivity index (χ0) is 27.7. The average molecular weight is 523 g/mol. The van der Waals surface area contributed by atoms with Gasteiger partial charge in [-0.25, -0.2) is 23.7 Å². The lowest BCUT2D eigenvalue weighted by molar-refractivity contribution is 0.413. The highest BCUT2D eigenvalue weighted by molar-refractivity contribution is 5.79. The zero-order valence-corrected chi connectivity index (χ0v) is 22.4. The number of fused-ring (bicyclic) bond motifs is 1. The number of anilines is 4. The maximum Gasteiger partial charge on any atom is 0.228 e. The number of allylic oxidation sites excluding steroid dienone is 1. The smallest absolute Gasteiger partial charge is 0.228 e. The van der Waals surface area contributed by atoms with E-state index in [-0.39, 0.29) is 22.9 Å². The van der Waals surface area contributed by atoms with Gasteiger partial charge in [-0.1, -0.05) is 6.58 Å². The molecule has 0 fully saturated rings. The first-order valence-corrected chi connectivity index (χ1v) is 12.0. The molecule has 0 aliphatic carbocycles. The number of pyridine rings is 1. The molecule has 0 atom stereocenters. The third-order valence-corrected chi connectivity index (χ3v) is 6.16. The molecule has 0 amide bonds. The first kappa shape index (κ1) is 26.8. The minimum atomic E-state index is -0.702. The minimum absolute atomic E-state index is 0.0747. The van der Waals surface area contributed by atoms with Gasteiger partial charge in [-0.2, -0.15) is 0 Å². The summed E-state index contributed by atoms with van der Waals surface area (Å²) in [5, 5.41) is 3.06. The summed E-state index contributed by atoms with van der Waals surface area (Å²) in [6, 6.07) is 4.74. The van der Waals surface area contributed by atoms with Crippen molar-refractivity contribution in [3.8, 4) is 17.0 Å². The molecule has 0 saturated carbocycles. The zero-order valence-electron chi connectivity index (χ0n) is 22.4. The maximum atomic E-state index is 15.0. The molecular weight excluding hydrogens is 490 g/mol. The monoisotopic (exact) mass is 522 g/mol. The molecule has 0 aliphatic heterocycles. The number of methoxy groups -OCH3 is 1. The summed E-state index contributed by atoms with van der Waals surface area (Å²) in [5.74, 6) is -0.704. The van der Waals surface area contributed by atoms with Crippen LogP contribution in [0.5, 0.6) is 5.75 Å². The number of rotatable bonds is 9. The van der Waals surface area contributed by atoms with Crippen LogP contribution in [0.1, 0.15) is 18.3 Å².